The van der Waals surface area contributed by atoms with Crippen molar-refractivity contribution >= 4 is 74.9 Å². The summed E-state index contributed by atoms with van der Waals surface area (Å²) < 4.78 is 0. The van der Waals surface area contributed by atoms with E-state index in [9.17, 15) is 19.5 Å². The quantitative estimate of drug-likeness (QED) is 0.199. The Labute approximate surface area is 227 Å². The van der Waals surface area contributed by atoms with Gasteiger partial charge in [0.1, 0.15) is 6.04 Å². The number of benzene rings is 4. The third kappa shape index (κ3) is 6.51. The normalized spacial score (nSPS) is 11.5. The maximum absolute atomic E-state index is 13.3. The molecule has 0 aliphatic heterocycles. The van der Waals surface area contributed by atoms with Gasteiger partial charge in [-0.2, -0.15) is 0 Å². The number of carbonyl (C=O) groups is 3. The molecular weight excluding hydrogens is 537 g/mol. The van der Waals surface area contributed by atoms with Gasteiger partial charge in [-0.25, -0.2) is 9.59 Å². The Balaban J connectivity index is 1.62. The Bertz CT molecular complexity index is 1470. The van der Waals surface area contributed by atoms with Gasteiger partial charge in [0.15, 0.2) is 0 Å². The monoisotopic (exact) mass is 555 g/mol. The number of carboxylic acid groups (broad SMARTS) is 1. The zero-order valence-corrected chi connectivity index (χ0v) is 21.4. The van der Waals surface area contributed by atoms with Crippen molar-refractivity contribution in [3.05, 3.63) is 105 Å². The van der Waals surface area contributed by atoms with E-state index in [1.807, 2.05) is 30.3 Å². The summed E-state index contributed by atoms with van der Waals surface area (Å²) in [7, 11) is 0. The van der Waals surface area contributed by atoms with Crippen molar-refractivity contribution in [2.45, 2.75) is 12.5 Å². The lowest BCUT2D eigenvalue weighted by Gasteiger charge is -2.18. The number of hydrogen-bond acceptors (Lipinski definition) is 3. The molecule has 4 N–H and O–H groups in total. The Morgan fingerprint density at radius 1 is 0.784 bits per heavy atom. The minimum absolute atomic E-state index is 0.0847. The Hall–Kier alpha value is -3.78. The number of fused-ring (bicyclic) bond motifs is 1. The van der Waals surface area contributed by atoms with Gasteiger partial charge in [-0.15, -0.1) is 0 Å². The molecule has 7 nitrogen and oxygen atoms in total. The summed E-state index contributed by atoms with van der Waals surface area (Å²) >= 11 is 18.3. The molecule has 0 radical (unpaired) electrons. The summed E-state index contributed by atoms with van der Waals surface area (Å²) in [5.74, 6) is -1.84. The molecule has 188 valence electrons. The van der Waals surface area contributed by atoms with Crippen LogP contribution in [0.2, 0.25) is 15.1 Å². The van der Waals surface area contributed by atoms with E-state index in [1.54, 1.807) is 36.4 Å². The number of halogens is 3. The van der Waals surface area contributed by atoms with Crippen LogP contribution in [0.5, 0.6) is 0 Å². The maximum Gasteiger partial charge on any atom is 0.326 e. The molecule has 0 bridgehead atoms. The SMILES string of the molecule is O=C(Nc1cc2ccccc2cc1C(=O)NC(Cc1ccccc1)C(=O)O)Nc1c(Cl)cc(Cl)cc1Cl. The first-order chi connectivity index (χ1) is 17.7. The molecule has 0 aromatic heterocycles. The van der Waals surface area contributed by atoms with Gasteiger partial charge in [0.05, 0.1) is 27.0 Å². The second kappa shape index (κ2) is 11.5. The standard InChI is InChI=1S/C27H20Cl3N3O4/c28-18-13-20(29)24(21(30)14-18)33-27(37)32-22-12-17-9-5-4-8-16(17)11-19(22)25(34)31-23(26(35)36)10-15-6-2-1-3-7-15/h1-9,11-14,23H,10H2,(H,31,34)(H,35,36)(H2,32,33,37). The number of anilines is 2. The zero-order valence-electron chi connectivity index (χ0n) is 19.1. The van der Waals surface area contributed by atoms with Crippen LogP contribution in [0.25, 0.3) is 10.8 Å². The average molecular weight is 557 g/mol. The molecule has 4 rings (SSSR count). The molecule has 0 saturated carbocycles. The van der Waals surface area contributed by atoms with Crippen LogP contribution in [-0.2, 0) is 11.2 Å². The van der Waals surface area contributed by atoms with Crippen LogP contribution in [0.15, 0.2) is 78.9 Å². The van der Waals surface area contributed by atoms with Gasteiger partial charge in [0.25, 0.3) is 5.91 Å². The van der Waals surface area contributed by atoms with Crippen LogP contribution >= 0.6 is 34.8 Å². The maximum atomic E-state index is 13.3. The molecule has 0 saturated heterocycles. The molecule has 1 atom stereocenters. The molecule has 0 spiro atoms. The zero-order chi connectivity index (χ0) is 26.5. The van der Waals surface area contributed by atoms with E-state index in [-0.39, 0.29) is 33.4 Å². The molecule has 0 aliphatic carbocycles. The molecule has 10 heteroatoms. The lowest BCUT2D eigenvalue weighted by atomic mass is 10.0. The van der Waals surface area contributed by atoms with Gasteiger partial charge in [-0.05, 0) is 40.6 Å². The van der Waals surface area contributed by atoms with Gasteiger partial charge < -0.3 is 21.1 Å². The third-order valence-corrected chi connectivity index (χ3v) is 6.32. The minimum Gasteiger partial charge on any atom is -0.480 e. The Morgan fingerprint density at radius 2 is 1.38 bits per heavy atom. The summed E-state index contributed by atoms with van der Waals surface area (Å²) in [6.07, 6.45) is 0.0896. The van der Waals surface area contributed by atoms with E-state index in [2.05, 4.69) is 16.0 Å². The Morgan fingerprint density at radius 3 is 2.00 bits per heavy atom. The van der Waals surface area contributed by atoms with Crippen molar-refractivity contribution in [1.82, 2.24) is 5.32 Å². The first-order valence-electron chi connectivity index (χ1n) is 11.0. The topological polar surface area (TPSA) is 108 Å². The fourth-order valence-corrected chi connectivity index (χ4v) is 4.66. The van der Waals surface area contributed by atoms with Crippen LogP contribution in [0.3, 0.4) is 0 Å². The van der Waals surface area contributed by atoms with Crippen molar-refractivity contribution in [3.63, 3.8) is 0 Å². The molecule has 4 aromatic carbocycles. The highest BCUT2D eigenvalue weighted by Gasteiger charge is 2.24. The highest BCUT2D eigenvalue weighted by atomic mass is 35.5. The number of hydrogen-bond donors (Lipinski definition) is 4. The molecular formula is C27H20Cl3N3O4. The smallest absolute Gasteiger partial charge is 0.326 e. The molecule has 4 aromatic rings. The first-order valence-corrected chi connectivity index (χ1v) is 12.2. The number of carbonyl (C=O) groups excluding carboxylic acids is 2. The molecule has 37 heavy (non-hydrogen) atoms. The highest BCUT2D eigenvalue weighted by Crippen LogP contribution is 2.34. The first kappa shape index (κ1) is 26.3. The van der Waals surface area contributed by atoms with Gasteiger partial charge in [-0.1, -0.05) is 89.4 Å². The molecule has 3 amide bonds. The molecule has 0 heterocycles. The van der Waals surface area contributed by atoms with Crippen LogP contribution < -0.4 is 16.0 Å². The largest absolute Gasteiger partial charge is 0.480 e. The number of amides is 3. The predicted molar refractivity (Wildman–Crippen MR) is 147 cm³/mol. The Kier molecular flexibility index (Phi) is 8.18. The number of urea groups is 1. The number of rotatable bonds is 7. The van der Waals surface area contributed by atoms with E-state index in [4.69, 9.17) is 34.8 Å². The van der Waals surface area contributed by atoms with Gasteiger partial charge in [0, 0.05) is 11.4 Å². The van der Waals surface area contributed by atoms with Gasteiger partial charge in [-0.3, -0.25) is 4.79 Å². The summed E-state index contributed by atoms with van der Waals surface area (Å²) in [5.41, 5.74) is 1.15. The van der Waals surface area contributed by atoms with Crippen molar-refractivity contribution in [2.24, 2.45) is 0 Å². The minimum atomic E-state index is -1.19. The summed E-state index contributed by atoms with van der Waals surface area (Å²) in [6.45, 7) is 0. The molecule has 0 aliphatic rings. The highest BCUT2D eigenvalue weighted by molar-refractivity contribution is 6.42. The van der Waals surface area contributed by atoms with Crippen molar-refractivity contribution in [3.8, 4) is 0 Å². The fourth-order valence-electron chi connectivity index (χ4n) is 3.75. The second-order valence-corrected chi connectivity index (χ2v) is 9.37. The van der Waals surface area contributed by atoms with E-state index >= 15 is 0 Å². The fraction of sp³-hybridized carbons (Fsp3) is 0.0741. The number of carboxylic acids is 1. The third-order valence-electron chi connectivity index (χ3n) is 5.51. The molecule has 0 fully saturated rings. The van der Waals surface area contributed by atoms with Crippen molar-refractivity contribution in [1.29, 1.82) is 0 Å². The lowest BCUT2D eigenvalue weighted by Crippen LogP contribution is -2.42. The van der Waals surface area contributed by atoms with Gasteiger partial charge >= 0.3 is 12.0 Å². The van der Waals surface area contributed by atoms with Crippen molar-refractivity contribution < 1.29 is 19.5 Å². The van der Waals surface area contributed by atoms with Crippen LogP contribution in [0.1, 0.15) is 15.9 Å². The lowest BCUT2D eigenvalue weighted by molar-refractivity contribution is -0.139. The van der Waals surface area contributed by atoms with Crippen LogP contribution in [-0.4, -0.2) is 29.1 Å². The number of aliphatic carboxylic acids is 1. The predicted octanol–water partition coefficient (Wildman–Crippen LogP) is 6.87. The second-order valence-electron chi connectivity index (χ2n) is 8.12. The average Bonchev–Trinajstić information content (AvgIpc) is 2.86. The summed E-state index contributed by atoms with van der Waals surface area (Å²) in [6, 6.07) is 20.4. The van der Waals surface area contributed by atoms with Crippen molar-refractivity contribution in [2.75, 3.05) is 10.6 Å². The summed E-state index contributed by atoms with van der Waals surface area (Å²) in [4.78, 5) is 38.1. The van der Waals surface area contributed by atoms with E-state index in [0.717, 1.165) is 16.3 Å². The van der Waals surface area contributed by atoms with Crippen LogP contribution in [0.4, 0.5) is 16.2 Å². The van der Waals surface area contributed by atoms with Gasteiger partial charge in [0.2, 0.25) is 0 Å². The summed E-state index contributed by atoms with van der Waals surface area (Å²) in [5, 5.41) is 19.6. The van der Waals surface area contributed by atoms with E-state index < -0.39 is 23.9 Å². The van der Waals surface area contributed by atoms with E-state index in [1.165, 1.54) is 12.1 Å². The van der Waals surface area contributed by atoms with E-state index in [0.29, 0.717) is 5.02 Å². The molecule has 1 unspecified atom stereocenters. The van der Waals surface area contributed by atoms with Crippen LogP contribution in [0, 0.1) is 0 Å². The number of nitrogens with one attached hydrogen (secondary N) is 3.